The molecule has 0 bridgehead atoms. The molecule has 1 aromatic rings. The van der Waals surface area contributed by atoms with Crippen LogP contribution in [0.3, 0.4) is 0 Å². The largest absolute Gasteiger partial charge is 0.496 e. The molecule has 0 aliphatic carbocycles. The maximum absolute atomic E-state index is 6.21. The molecule has 0 amide bonds. The summed E-state index contributed by atoms with van der Waals surface area (Å²) >= 11 is 0. The van der Waals surface area contributed by atoms with Gasteiger partial charge in [0.2, 0.25) is 0 Å². The Bertz CT molecular complexity index is 397. The Morgan fingerprint density at radius 3 is 2.05 bits per heavy atom. The summed E-state index contributed by atoms with van der Waals surface area (Å²) in [5.74, 6) is 2.02. The second kappa shape index (κ2) is 7.86. The molecule has 0 heterocycles. The Morgan fingerprint density at radius 2 is 1.53 bits per heavy atom. The number of rotatable bonds is 8. The Labute approximate surface area is 114 Å². The lowest BCUT2D eigenvalue weighted by Gasteiger charge is -2.18. The molecule has 19 heavy (non-hydrogen) atoms. The first-order chi connectivity index (χ1) is 9.17. The van der Waals surface area contributed by atoms with Gasteiger partial charge in [0.15, 0.2) is 11.5 Å². The van der Waals surface area contributed by atoms with Crippen molar-refractivity contribution in [2.24, 2.45) is 11.5 Å². The normalized spacial score (nSPS) is 12.1. The van der Waals surface area contributed by atoms with Crippen molar-refractivity contribution < 1.29 is 14.2 Å². The molecule has 0 radical (unpaired) electrons. The molecule has 4 N–H and O–H groups in total. The van der Waals surface area contributed by atoms with Crippen LogP contribution in [0.25, 0.3) is 0 Å². The van der Waals surface area contributed by atoms with Gasteiger partial charge in [0.1, 0.15) is 5.75 Å². The van der Waals surface area contributed by atoms with E-state index in [-0.39, 0.29) is 6.04 Å². The number of benzene rings is 1. The minimum Gasteiger partial charge on any atom is -0.496 e. The fraction of sp³-hybridized carbons (Fsp3) is 0.571. The summed E-state index contributed by atoms with van der Waals surface area (Å²) in [6, 6.07) is 3.59. The molecule has 0 unspecified atom stereocenters. The van der Waals surface area contributed by atoms with Crippen molar-refractivity contribution in [3.63, 3.8) is 0 Å². The molecule has 0 aliphatic rings. The van der Waals surface area contributed by atoms with E-state index in [9.17, 15) is 0 Å². The van der Waals surface area contributed by atoms with Crippen LogP contribution >= 0.6 is 0 Å². The predicted octanol–water partition coefficient (Wildman–Crippen LogP) is 1.84. The van der Waals surface area contributed by atoms with Crippen molar-refractivity contribution in [1.82, 2.24) is 0 Å². The monoisotopic (exact) mass is 268 g/mol. The third kappa shape index (κ3) is 4.01. The summed E-state index contributed by atoms with van der Waals surface area (Å²) in [5.41, 5.74) is 12.6. The van der Waals surface area contributed by atoms with Crippen LogP contribution in [0, 0.1) is 0 Å². The van der Waals surface area contributed by atoms with Gasteiger partial charge in [-0.3, -0.25) is 0 Å². The summed E-state index contributed by atoms with van der Waals surface area (Å²) in [6.45, 7) is 0.690. The van der Waals surface area contributed by atoms with E-state index in [0.29, 0.717) is 18.0 Å². The van der Waals surface area contributed by atoms with Gasteiger partial charge in [0.25, 0.3) is 0 Å². The molecule has 1 aromatic carbocycles. The zero-order valence-electron chi connectivity index (χ0n) is 11.9. The molecule has 0 aliphatic heterocycles. The van der Waals surface area contributed by atoms with E-state index in [4.69, 9.17) is 25.7 Å². The van der Waals surface area contributed by atoms with Gasteiger partial charge >= 0.3 is 0 Å². The second-order valence-corrected chi connectivity index (χ2v) is 4.34. The van der Waals surface area contributed by atoms with Crippen molar-refractivity contribution in [3.05, 3.63) is 17.7 Å². The third-order valence-electron chi connectivity index (χ3n) is 3.10. The summed E-state index contributed by atoms with van der Waals surface area (Å²) in [6.07, 6.45) is 2.83. The van der Waals surface area contributed by atoms with Crippen LogP contribution in [0.5, 0.6) is 17.2 Å². The standard InChI is InChI=1S/C14H24N2O3/c1-17-12-9-14(19-3)13(18-2)8-10(12)11(16)6-4-5-7-15/h8-9,11H,4-7,15-16H2,1-3H3/t11-/m0/s1. The molecule has 1 rings (SSSR count). The topological polar surface area (TPSA) is 79.7 Å². The van der Waals surface area contributed by atoms with Crippen LogP contribution in [0.1, 0.15) is 30.9 Å². The Morgan fingerprint density at radius 1 is 0.947 bits per heavy atom. The molecule has 0 spiro atoms. The van der Waals surface area contributed by atoms with E-state index < -0.39 is 0 Å². The minimum atomic E-state index is -0.0960. The maximum atomic E-state index is 6.21. The average molecular weight is 268 g/mol. The first-order valence-electron chi connectivity index (χ1n) is 6.43. The predicted molar refractivity (Wildman–Crippen MR) is 75.9 cm³/mol. The highest BCUT2D eigenvalue weighted by Crippen LogP contribution is 2.37. The molecule has 0 saturated heterocycles. The van der Waals surface area contributed by atoms with Gasteiger partial charge in [-0.2, -0.15) is 0 Å². The van der Waals surface area contributed by atoms with Gasteiger partial charge in [-0.05, 0) is 25.5 Å². The van der Waals surface area contributed by atoms with Crippen LogP contribution in [0.2, 0.25) is 0 Å². The van der Waals surface area contributed by atoms with E-state index in [2.05, 4.69) is 0 Å². The number of ether oxygens (including phenoxy) is 3. The fourth-order valence-corrected chi connectivity index (χ4v) is 2.01. The van der Waals surface area contributed by atoms with Crippen LogP contribution in [0.15, 0.2) is 12.1 Å². The number of unbranched alkanes of at least 4 members (excludes halogenated alkanes) is 1. The van der Waals surface area contributed by atoms with Crippen molar-refractivity contribution >= 4 is 0 Å². The number of hydrogen-bond acceptors (Lipinski definition) is 5. The highest BCUT2D eigenvalue weighted by atomic mass is 16.5. The molecule has 0 saturated carbocycles. The third-order valence-corrected chi connectivity index (χ3v) is 3.10. The molecule has 0 fully saturated rings. The van der Waals surface area contributed by atoms with Crippen molar-refractivity contribution in [2.75, 3.05) is 27.9 Å². The second-order valence-electron chi connectivity index (χ2n) is 4.34. The smallest absolute Gasteiger partial charge is 0.164 e. The molecule has 108 valence electrons. The lowest BCUT2D eigenvalue weighted by Crippen LogP contribution is -2.13. The molecule has 1 atom stereocenters. The van der Waals surface area contributed by atoms with E-state index >= 15 is 0 Å². The van der Waals surface area contributed by atoms with Crippen LogP contribution in [-0.4, -0.2) is 27.9 Å². The zero-order valence-corrected chi connectivity index (χ0v) is 11.9. The fourth-order valence-electron chi connectivity index (χ4n) is 2.01. The first-order valence-corrected chi connectivity index (χ1v) is 6.43. The SMILES string of the molecule is COc1cc(OC)c([C@@H](N)CCCCN)cc1OC. The van der Waals surface area contributed by atoms with Gasteiger partial charge in [0, 0.05) is 17.7 Å². The quantitative estimate of drug-likeness (QED) is 0.703. The van der Waals surface area contributed by atoms with Crippen molar-refractivity contribution in [2.45, 2.75) is 25.3 Å². The minimum absolute atomic E-state index is 0.0960. The number of methoxy groups -OCH3 is 3. The Kier molecular flexibility index (Phi) is 6.45. The molecule has 5 heteroatoms. The molecule has 0 aromatic heterocycles. The lowest BCUT2D eigenvalue weighted by molar-refractivity contribution is 0.346. The van der Waals surface area contributed by atoms with E-state index in [1.165, 1.54) is 0 Å². The number of nitrogens with two attached hydrogens (primary N) is 2. The van der Waals surface area contributed by atoms with Crippen LogP contribution in [-0.2, 0) is 0 Å². The average Bonchev–Trinajstić information content (AvgIpc) is 2.45. The lowest BCUT2D eigenvalue weighted by atomic mass is 10.00. The number of hydrogen-bond donors (Lipinski definition) is 2. The first kappa shape index (κ1) is 15.6. The van der Waals surface area contributed by atoms with Gasteiger partial charge in [-0.15, -0.1) is 0 Å². The van der Waals surface area contributed by atoms with Gasteiger partial charge in [0.05, 0.1) is 21.3 Å². The van der Waals surface area contributed by atoms with Crippen LogP contribution < -0.4 is 25.7 Å². The Balaban J connectivity index is 2.97. The van der Waals surface area contributed by atoms with E-state index in [0.717, 1.165) is 30.6 Å². The molecular weight excluding hydrogens is 244 g/mol. The van der Waals surface area contributed by atoms with E-state index in [1.807, 2.05) is 6.07 Å². The van der Waals surface area contributed by atoms with Crippen LogP contribution in [0.4, 0.5) is 0 Å². The zero-order chi connectivity index (χ0) is 14.3. The van der Waals surface area contributed by atoms with Gasteiger partial charge in [-0.1, -0.05) is 6.42 Å². The van der Waals surface area contributed by atoms with Crippen molar-refractivity contribution in [3.8, 4) is 17.2 Å². The summed E-state index contributed by atoms with van der Waals surface area (Å²) in [7, 11) is 4.82. The Hall–Kier alpha value is -1.46. The highest BCUT2D eigenvalue weighted by molar-refractivity contribution is 5.51. The van der Waals surface area contributed by atoms with E-state index in [1.54, 1.807) is 27.4 Å². The summed E-state index contributed by atoms with van der Waals surface area (Å²) in [4.78, 5) is 0. The summed E-state index contributed by atoms with van der Waals surface area (Å²) in [5, 5.41) is 0. The van der Waals surface area contributed by atoms with Gasteiger partial charge < -0.3 is 25.7 Å². The summed E-state index contributed by atoms with van der Waals surface area (Å²) < 4.78 is 15.9. The van der Waals surface area contributed by atoms with Crippen molar-refractivity contribution in [1.29, 1.82) is 0 Å². The van der Waals surface area contributed by atoms with Gasteiger partial charge in [-0.25, -0.2) is 0 Å². The molecule has 5 nitrogen and oxygen atoms in total. The maximum Gasteiger partial charge on any atom is 0.164 e. The molecular formula is C14H24N2O3. The highest BCUT2D eigenvalue weighted by Gasteiger charge is 2.16.